The molecule has 2 aromatic carbocycles. The maximum Gasteiger partial charge on any atom is 0.349 e. The van der Waals surface area contributed by atoms with Crippen molar-refractivity contribution in [3.05, 3.63) is 69.9 Å². The Morgan fingerprint density at radius 3 is 2.28 bits per heavy atom. The minimum absolute atomic E-state index is 0.0515. The number of hydrogen-bond donors (Lipinski definition) is 1. The first kappa shape index (κ1) is 21.1. The van der Waals surface area contributed by atoms with Crippen LogP contribution in [0.5, 0.6) is 0 Å². The van der Waals surface area contributed by atoms with Crippen molar-refractivity contribution < 1.29 is 17.9 Å². The molecule has 1 N–H and O–H groups in total. The summed E-state index contributed by atoms with van der Waals surface area (Å²) in [5.41, 5.74) is 3.82. The number of esters is 1. The van der Waals surface area contributed by atoms with Gasteiger partial charge in [-0.1, -0.05) is 48.9 Å². The van der Waals surface area contributed by atoms with E-state index in [1.54, 1.807) is 24.4 Å². The lowest BCUT2D eigenvalue weighted by Crippen LogP contribution is -2.17. The molecule has 1 heterocycles. The molecule has 0 atom stereocenters. The number of benzene rings is 2. The molecule has 0 saturated heterocycles. The van der Waals surface area contributed by atoms with Crippen LogP contribution >= 0.6 is 11.3 Å². The number of ether oxygens (including phenoxy) is 1. The smallest absolute Gasteiger partial charge is 0.349 e. The molecular weight excluding hydrogens is 406 g/mol. The number of carbonyl (C=O) groups is 1. The van der Waals surface area contributed by atoms with Gasteiger partial charge >= 0.3 is 5.97 Å². The van der Waals surface area contributed by atoms with Crippen LogP contribution in [-0.4, -0.2) is 21.0 Å². The zero-order chi connectivity index (χ0) is 21.0. The molecule has 1 aromatic heterocycles. The number of carbonyl (C=O) groups excluding carboxylic acids is 1. The molecule has 0 radical (unpaired) electrons. The molecule has 0 fully saturated rings. The van der Waals surface area contributed by atoms with Gasteiger partial charge in [0, 0.05) is 16.6 Å². The number of sulfonamides is 1. The third-order valence-corrected chi connectivity index (χ3v) is 7.01. The molecule has 0 bridgehead atoms. The van der Waals surface area contributed by atoms with Crippen LogP contribution in [-0.2, 0) is 21.2 Å². The molecule has 29 heavy (non-hydrogen) atoms. The molecule has 0 aliphatic heterocycles. The summed E-state index contributed by atoms with van der Waals surface area (Å²) < 4.78 is 34.3. The van der Waals surface area contributed by atoms with Crippen LogP contribution in [0, 0.1) is 6.92 Å². The van der Waals surface area contributed by atoms with E-state index in [9.17, 15) is 13.2 Å². The van der Waals surface area contributed by atoms with Crippen LogP contribution in [0.15, 0.2) is 58.8 Å². The molecule has 3 aromatic rings. The van der Waals surface area contributed by atoms with E-state index in [0.29, 0.717) is 11.3 Å². The molecule has 0 amide bonds. The van der Waals surface area contributed by atoms with Crippen molar-refractivity contribution in [2.45, 2.75) is 32.1 Å². The predicted octanol–water partition coefficient (Wildman–Crippen LogP) is 5.26. The van der Waals surface area contributed by atoms with E-state index in [4.69, 9.17) is 4.74 Å². The largest absolute Gasteiger partial charge is 0.462 e. The highest BCUT2D eigenvalue weighted by Crippen LogP contribution is 2.37. The lowest BCUT2D eigenvalue weighted by molar-refractivity contribution is 0.0528. The van der Waals surface area contributed by atoms with Gasteiger partial charge in [-0.25, -0.2) is 13.2 Å². The van der Waals surface area contributed by atoms with E-state index in [2.05, 4.69) is 4.72 Å². The van der Waals surface area contributed by atoms with Crippen molar-refractivity contribution >= 4 is 33.0 Å². The maximum atomic E-state index is 13.3. The Balaban J connectivity index is 2.09. The van der Waals surface area contributed by atoms with Crippen molar-refractivity contribution in [2.24, 2.45) is 0 Å². The Kier molecular flexibility index (Phi) is 6.39. The average molecular weight is 430 g/mol. The van der Waals surface area contributed by atoms with Gasteiger partial charge in [0.05, 0.1) is 6.61 Å². The van der Waals surface area contributed by atoms with Crippen molar-refractivity contribution in [1.29, 1.82) is 0 Å². The standard InChI is InChI=1S/C22H23NO4S2/c1-4-16-8-12-18(13-9-16)23-29(25,26)21-19(17-10-6-15(3)7-11-17)14-28-20(21)22(24)27-5-2/h6-14,23H,4-5H2,1-3H3. The van der Waals surface area contributed by atoms with Crippen molar-refractivity contribution in [3.8, 4) is 11.1 Å². The summed E-state index contributed by atoms with van der Waals surface area (Å²) in [7, 11) is -4.01. The maximum absolute atomic E-state index is 13.3. The van der Waals surface area contributed by atoms with Crippen LogP contribution in [0.3, 0.4) is 0 Å². The minimum atomic E-state index is -4.01. The van der Waals surface area contributed by atoms with Gasteiger partial charge in [-0.15, -0.1) is 11.3 Å². The van der Waals surface area contributed by atoms with Crippen LogP contribution in [0.2, 0.25) is 0 Å². The van der Waals surface area contributed by atoms with Gasteiger partial charge in [0.15, 0.2) is 0 Å². The highest BCUT2D eigenvalue weighted by atomic mass is 32.2. The van der Waals surface area contributed by atoms with E-state index >= 15 is 0 Å². The van der Waals surface area contributed by atoms with Gasteiger partial charge in [-0.3, -0.25) is 4.72 Å². The van der Waals surface area contributed by atoms with Crippen molar-refractivity contribution in [3.63, 3.8) is 0 Å². The van der Waals surface area contributed by atoms with E-state index in [-0.39, 0.29) is 16.4 Å². The monoisotopic (exact) mass is 429 g/mol. The van der Waals surface area contributed by atoms with E-state index in [1.165, 1.54) is 0 Å². The number of aryl methyl sites for hydroxylation is 2. The molecule has 7 heteroatoms. The normalized spacial score (nSPS) is 11.3. The third kappa shape index (κ3) is 4.68. The fourth-order valence-corrected chi connectivity index (χ4v) is 5.65. The summed E-state index contributed by atoms with van der Waals surface area (Å²) >= 11 is 1.07. The summed E-state index contributed by atoms with van der Waals surface area (Å²) in [6.45, 7) is 5.85. The minimum Gasteiger partial charge on any atom is -0.462 e. The Morgan fingerprint density at radius 1 is 1.03 bits per heavy atom. The molecule has 0 aliphatic carbocycles. The molecule has 152 valence electrons. The first-order valence-corrected chi connectivity index (χ1v) is 11.7. The Morgan fingerprint density at radius 2 is 1.69 bits per heavy atom. The third-order valence-electron chi connectivity index (χ3n) is 4.45. The molecule has 0 saturated carbocycles. The number of anilines is 1. The SMILES string of the molecule is CCOC(=O)c1scc(-c2ccc(C)cc2)c1S(=O)(=O)Nc1ccc(CC)cc1. The number of rotatable bonds is 7. The molecule has 5 nitrogen and oxygen atoms in total. The average Bonchev–Trinajstić information content (AvgIpc) is 3.15. The van der Waals surface area contributed by atoms with Gasteiger partial charge in [-0.2, -0.15) is 0 Å². The van der Waals surface area contributed by atoms with Crippen LogP contribution in [0.4, 0.5) is 5.69 Å². The van der Waals surface area contributed by atoms with Gasteiger partial charge in [0.2, 0.25) is 0 Å². The fourth-order valence-electron chi connectivity index (χ4n) is 2.90. The van der Waals surface area contributed by atoms with Gasteiger partial charge in [-0.05, 0) is 43.5 Å². The number of hydrogen-bond acceptors (Lipinski definition) is 5. The van der Waals surface area contributed by atoms with Crippen molar-refractivity contribution in [2.75, 3.05) is 11.3 Å². The molecule has 0 aliphatic rings. The lowest BCUT2D eigenvalue weighted by Gasteiger charge is -2.12. The van der Waals surface area contributed by atoms with Gasteiger partial charge in [0.25, 0.3) is 10.0 Å². The second kappa shape index (κ2) is 8.80. The second-order valence-corrected chi connectivity index (χ2v) is 9.05. The molecule has 3 rings (SSSR count). The molecule has 0 spiro atoms. The Labute approximate surface area is 175 Å². The summed E-state index contributed by atoms with van der Waals surface area (Å²) in [4.78, 5) is 12.5. The molecular formula is C22H23NO4S2. The lowest BCUT2D eigenvalue weighted by atomic mass is 10.1. The first-order chi connectivity index (χ1) is 13.9. The highest BCUT2D eigenvalue weighted by molar-refractivity contribution is 7.93. The van der Waals surface area contributed by atoms with Gasteiger partial charge in [0.1, 0.15) is 9.77 Å². The summed E-state index contributed by atoms with van der Waals surface area (Å²) in [6, 6.07) is 14.7. The van der Waals surface area contributed by atoms with E-state index in [1.807, 2.05) is 50.2 Å². The van der Waals surface area contributed by atoms with E-state index < -0.39 is 16.0 Å². The summed E-state index contributed by atoms with van der Waals surface area (Å²) in [5, 5.41) is 1.69. The zero-order valence-electron chi connectivity index (χ0n) is 16.6. The fraction of sp³-hybridized carbons (Fsp3) is 0.227. The number of thiophene rings is 1. The number of nitrogens with one attached hydrogen (secondary N) is 1. The van der Waals surface area contributed by atoms with Crippen molar-refractivity contribution in [1.82, 2.24) is 0 Å². The van der Waals surface area contributed by atoms with Crippen LogP contribution in [0.25, 0.3) is 11.1 Å². The summed E-state index contributed by atoms with van der Waals surface area (Å²) in [5.74, 6) is -0.641. The van der Waals surface area contributed by atoms with E-state index in [0.717, 1.165) is 34.4 Å². The second-order valence-electron chi connectivity index (χ2n) is 6.55. The Hall–Kier alpha value is -2.64. The zero-order valence-corrected chi connectivity index (χ0v) is 18.2. The predicted molar refractivity (Wildman–Crippen MR) is 117 cm³/mol. The Bertz CT molecular complexity index is 1100. The first-order valence-electron chi connectivity index (χ1n) is 9.33. The summed E-state index contributed by atoms with van der Waals surface area (Å²) in [6.07, 6.45) is 0.863. The topological polar surface area (TPSA) is 72.5 Å². The van der Waals surface area contributed by atoms with Crippen LogP contribution < -0.4 is 4.72 Å². The van der Waals surface area contributed by atoms with Gasteiger partial charge < -0.3 is 4.74 Å². The molecule has 0 unspecified atom stereocenters. The van der Waals surface area contributed by atoms with Crippen LogP contribution in [0.1, 0.15) is 34.6 Å². The highest BCUT2D eigenvalue weighted by Gasteiger charge is 2.30. The quantitative estimate of drug-likeness (QED) is 0.520.